The van der Waals surface area contributed by atoms with E-state index in [1.165, 1.54) is 6.33 Å². The lowest BCUT2D eigenvalue weighted by atomic mass is 10.2. The Morgan fingerprint density at radius 2 is 1.92 bits per heavy atom. The number of nitrogens with zero attached hydrogens (tertiary/aromatic N) is 4. The molecule has 0 radical (unpaired) electrons. The molecule has 0 atom stereocenters. The number of amides is 2. The van der Waals surface area contributed by atoms with Crippen molar-refractivity contribution in [1.82, 2.24) is 30.2 Å². The fraction of sp³-hybridized carbons (Fsp3) is 0.235. The van der Waals surface area contributed by atoms with E-state index in [-0.39, 0.29) is 18.4 Å². The van der Waals surface area contributed by atoms with Crippen LogP contribution in [-0.2, 0) is 11.2 Å². The van der Waals surface area contributed by atoms with Crippen LogP contribution in [0.25, 0.3) is 5.78 Å². The van der Waals surface area contributed by atoms with Gasteiger partial charge in [-0.1, -0.05) is 18.2 Å². The van der Waals surface area contributed by atoms with E-state index in [4.69, 9.17) is 0 Å². The maximum absolute atomic E-state index is 11.8. The third kappa shape index (κ3) is 4.60. The highest BCUT2D eigenvalue weighted by Crippen LogP contribution is 2.02. The lowest BCUT2D eigenvalue weighted by molar-refractivity contribution is -0.120. The van der Waals surface area contributed by atoms with Crippen LogP contribution >= 0.6 is 0 Å². The van der Waals surface area contributed by atoms with E-state index in [9.17, 15) is 9.59 Å². The van der Waals surface area contributed by atoms with E-state index in [1.54, 1.807) is 35.0 Å². The number of benzene rings is 1. The van der Waals surface area contributed by atoms with Gasteiger partial charge in [-0.25, -0.2) is 9.50 Å². The molecule has 2 N–H and O–H groups in total. The summed E-state index contributed by atoms with van der Waals surface area (Å²) in [5.41, 5.74) is 1.55. The van der Waals surface area contributed by atoms with Crippen molar-refractivity contribution in [2.75, 3.05) is 13.1 Å². The molecule has 0 saturated heterocycles. The molecule has 0 spiro atoms. The standard InChI is InChI=1S/C17H18N6O2/c24-15(10-19-16(25)14-6-2-1-3-7-14)18-8-4-5-13-9-20-17-21-12-22-23(17)11-13/h1-3,6-7,9,11-12H,4-5,8,10H2,(H,18,24)(H,19,25). The van der Waals surface area contributed by atoms with E-state index >= 15 is 0 Å². The molecule has 8 heteroatoms. The Balaban J connectivity index is 1.35. The number of carbonyl (C=O) groups excluding carboxylic acids is 2. The van der Waals surface area contributed by atoms with Crippen molar-refractivity contribution < 1.29 is 9.59 Å². The third-order valence-electron chi connectivity index (χ3n) is 3.60. The predicted molar refractivity (Wildman–Crippen MR) is 90.9 cm³/mol. The Bertz CT molecular complexity index is 862. The topological polar surface area (TPSA) is 101 Å². The maximum atomic E-state index is 11.8. The van der Waals surface area contributed by atoms with Crippen LogP contribution in [0.3, 0.4) is 0 Å². The number of carbonyl (C=O) groups is 2. The first-order chi connectivity index (χ1) is 12.2. The summed E-state index contributed by atoms with van der Waals surface area (Å²) in [5.74, 6) is 0.0864. The van der Waals surface area contributed by atoms with Crippen molar-refractivity contribution in [3.05, 3.63) is 60.2 Å². The Morgan fingerprint density at radius 1 is 1.08 bits per heavy atom. The minimum Gasteiger partial charge on any atom is -0.355 e. The fourth-order valence-electron chi connectivity index (χ4n) is 2.32. The average molecular weight is 338 g/mol. The van der Waals surface area contributed by atoms with Crippen LogP contribution in [-0.4, -0.2) is 44.5 Å². The second-order valence-electron chi connectivity index (χ2n) is 5.47. The summed E-state index contributed by atoms with van der Waals surface area (Å²) in [6, 6.07) is 8.79. The number of aromatic nitrogens is 4. The molecule has 0 saturated carbocycles. The quantitative estimate of drug-likeness (QED) is 0.615. The zero-order valence-corrected chi connectivity index (χ0v) is 13.6. The van der Waals surface area contributed by atoms with E-state index in [2.05, 4.69) is 25.7 Å². The Hall–Kier alpha value is -3.29. The molecule has 0 aliphatic rings. The van der Waals surface area contributed by atoms with E-state index in [0.717, 1.165) is 18.4 Å². The summed E-state index contributed by atoms with van der Waals surface area (Å²) in [6.45, 7) is 0.482. The van der Waals surface area contributed by atoms with Crippen LogP contribution in [0.5, 0.6) is 0 Å². The SMILES string of the molecule is O=C(CNC(=O)c1ccccc1)NCCCc1cnc2ncnn2c1. The molecule has 0 fully saturated rings. The molecular formula is C17H18N6O2. The molecule has 2 heterocycles. The van der Waals surface area contributed by atoms with Gasteiger partial charge in [-0.2, -0.15) is 10.1 Å². The smallest absolute Gasteiger partial charge is 0.252 e. The molecule has 128 valence electrons. The highest BCUT2D eigenvalue weighted by atomic mass is 16.2. The second-order valence-corrected chi connectivity index (χ2v) is 5.47. The first kappa shape index (κ1) is 16.6. The van der Waals surface area contributed by atoms with Gasteiger partial charge in [-0.15, -0.1) is 0 Å². The minimum absolute atomic E-state index is 0.0415. The minimum atomic E-state index is -0.261. The summed E-state index contributed by atoms with van der Waals surface area (Å²) in [6.07, 6.45) is 6.61. The van der Waals surface area contributed by atoms with Crippen LogP contribution < -0.4 is 10.6 Å². The Labute approximate surface area is 144 Å². The second kappa shape index (κ2) is 8.00. The van der Waals surface area contributed by atoms with Crippen LogP contribution in [0.15, 0.2) is 49.1 Å². The first-order valence-corrected chi connectivity index (χ1v) is 7.96. The summed E-state index contributed by atoms with van der Waals surface area (Å²) in [5, 5.41) is 9.41. The van der Waals surface area contributed by atoms with Crippen LogP contribution in [0, 0.1) is 0 Å². The molecular weight excluding hydrogens is 320 g/mol. The Kier molecular flexibility index (Phi) is 5.30. The number of aryl methyl sites for hydroxylation is 1. The highest BCUT2D eigenvalue weighted by Gasteiger charge is 2.07. The lowest BCUT2D eigenvalue weighted by Crippen LogP contribution is -2.37. The van der Waals surface area contributed by atoms with Gasteiger partial charge in [0.1, 0.15) is 6.33 Å². The highest BCUT2D eigenvalue weighted by molar-refractivity contribution is 5.96. The summed E-state index contributed by atoms with van der Waals surface area (Å²) < 4.78 is 1.62. The van der Waals surface area contributed by atoms with Gasteiger partial charge < -0.3 is 10.6 Å². The molecule has 0 aliphatic carbocycles. The van der Waals surface area contributed by atoms with Gasteiger partial charge in [-0.05, 0) is 30.5 Å². The van der Waals surface area contributed by atoms with Crippen molar-refractivity contribution in [2.24, 2.45) is 0 Å². The van der Waals surface area contributed by atoms with E-state index in [0.29, 0.717) is 17.9 Å². The van der Waals surface area contributed by atoms with Crippen molar-refractivity contribution in [1.29, 1.82) is 0 Å². The van der Waals surface area contributed by atoms with Gasteiger partial charge in [0.05, 0.1) is 6.54 Å². The van der Waals surface area contributed by atoms with Gasteiger partial charge in [-0.3, -0.25) is 9.59 Å². The first-order valence-electron chi connectivity index (χ1n) is 7.96. The van der Waals surface area contributed by atoms with Crippen molar-refractivity contribution in [3.8, 4) is 0 Å². The number of hydrogen-bond acceptors (Lipinski definition) is 5. The fourth-order valence-corrected chi connectivity index (χ4v) is 2.32. The molecule has 1 aromatic carbocycles. The summed E-state index contributed by atoms with van der Waals surface area (Å²) in [4.78, 5) is 31.8. The molecule has 2 aromatic heterocycles. The maximum Gasteiger partial charge on any atom is 0.252 e. The van der Waals surface area contributed by atoms with Gasteiger partial charge in [0.15, 0.2) is 0 Å². The molecule has 8 nitrogen and oxygen atoms in total. The zero-order valence-electron chi connectivity index (χ0n) is 13.6. The van der Waals surface area contributed by atoms with Crippen molar-refractivity contribution >= 4 is 17.6 Å². The lowest BCUT2D eigenvalue weighted by Gasteiger charge is -2.07. The normalized spacial score (nSPS) is 10.6. The molecule has 0 unspecified atom stereocenters. The van der Waals surface area contributed by atoms with Crippen molar-refractivity contribution in [3.63, 3.8) is 0 Å². The molecule has 0 bridgehead atoms. The number of rotatable bonds is 7. The Morgan fingerprint density at radius 3 is 2.76 bits per heavy atom. The monoisotopic (exact) mass is 338 g/mol. The van der Waals surface area contributed by atoms with Crippen LogP contribution in [0.1, 0.15) is 22.3 Å². The predicted octanol–water partition coefficient (Wildman–Crippen LogP) is 0.603. The van der Waals surface area contributed by atoms with Crippen LogP contribution in [0.2, 0.25) is 0 Å². The number of nitrogens with one attached hydrogen (secondary N) is 2. The van der Waals surface area contributed by atoms with E-state index in [1.807, 2.05) is 12.3 Å². The zero-order chi connectivity index (χ0) is 17.5. The van der Waals surface area contributed by atoms with Gasteiger partial charge in [0.2, 0.25) is 5.91 Å². The number of fused-ring (bicyclic) bond motifs is 1. The third-order valence-corrected chi connectivity index (χ3v) is 3.60. The van der Waals surface area contributed by atoms with E-state index < -0.39 is 0 Å². The molecule has 25 heavy (non-hydrogen) atoms. The van der Waals surface area contributed by atoms with Gasteiger partial charge in [0.25, 0.3) is 11.7 Å². The largest absolute Gasteiger partial charge is 0.355 e. The van der Waals surface area contributed by atoms with Crippen LogP contribution in [0.4, 0.5) is 0 Å². The summed E-state index contributed by atoms with van der Waals surface area (Å²) >= 11 is 0. The molecule has 3 aromatic rings. The average Bonchev–Trinajstić information content (AvgIpc) is 3.12. The van der Waals surface area contributed by atoms with Crippen molar-refractivity contribution in [2.45, 2.75) is 12.8 Å². The molecule has 0 aliphatic heterocycles. The van der Waals surface area contributed by atoms with Gasteiger partial charge in [0, 0.05) is 24.5 Å². The van der Waals surface area contributed by atoms with Gasteiger partial charge >= 0.3 is 0 Å². The summed E-state index contributed by atoms with van der Waals surface area (Å²) in [7, 11) is 0. The number of hydrogen-bond donors (Lipinski definition) is 2. The molecule has 2 amide bonds. The molecule has 3 rings (SSSR count).